The van der Waals surface area contributed by atoms with Crippen LogP contribution in [0.4, 0.5) is 0 Å². The van der Waals surface area contributed by atoms with E-state index in [0.717, 1.165) is 10.9 Å². The fraction of sp³-hybridized carbons (Fsp3) is 0.333. The number of rotatable bonds is 4. The smallest absolute Gasteiger partial charge is 0.337 e. The van der Waals surface area contributed by atoms with Gasteiger partial charge in [-0.15, -0.1) is 0 Å². The lowest BCUT2D eigenvalue weighted by Crippen LogP contribution is -2.03. The number of nitrogens with zero attached hydrogens (tertiary/aromatic N) is 1. The molecule has 16 heavy (non-hydrogen) atoms. The van der Waals surface area contributed by atoms with Crippen LogP contribution in [0.2, 0.25) is 0 Å². The SMILES string of the molecule is COC(=O)c1ccc(C(CBr)CC#N)cc1. The first-order chi connectivity index (χ1) is 7.72. The molecule has 0 aliphatic carbocycles. The van der Waals surface area contributed by atoms with E-state index >= 15 is 0 Å². The number of carbonyl (C=O) groups excluding carboxylic acids is 1. The minimum atomic E-state index is -0.345. The molecule has 0 aromatic heterocycles. The predicted molar refractivity (Wildman–Crippen MR) is 64.5 cm³/mol. The maximum absolute atomic E-state index is 11.2. The molecule has 0 aliphatic rings. The Morgan fingerprint density at radius 2 is 2.12 bits per heavy atom. The van der Waals surface area contributed by atoms with Gasteiger partial charge in [0.2, 0.25) is 0 Å². The Bertz CT molecular complexity index is 394. The molecule has 0 saturated carbocycles. The first kappa shape index (κ1) is 12.7. The van der Waals surface area contributed by atoms with E-state index in [2.05, 4.69) is 26.7 Å². The van der Waals surface area contributed by atoms with E-state index in [1.165, 1.54) is 7.11 Å². The van der Waals surface area contributed by atoms with Crippen LogP contribution in [0.25, 0.3) is 0 Å². The molecule has 0 amide bonds. The molecular weight excluding hydrogens is 270 g/mol. The van der Waals surface area contributed by atoms with E-state index in [1.807, 2.05) is 12.1 Å². The monoisotopic (exact) mass is 281 g/mol. The second kappa shape index (κ2) is 6.29. The highest BCUT2D eigenvalue weighted by atomic mass is 79.9. The normalized spacial score (nSPS) is 11.6. The van der Waals surface area contributed by atoms with Gasteiger partial charge < -0.3 is 4.74 Å². The molecule has 84 valence electrons. The molecule has 3 nitrogen and oxygen atoms in total. The number of halogens is 1. The van der Waals surface area contributed by atoms with Crippen LogP contribution in [0, 0.1) is 11.3 Å². The molecular formula is C12H12BrNO2. The summed E-state index contributed by atoms with van der Waals surface area (Å²) in [5, 5.41) is 9.40. The fourth-order valence-corrected chi connectivity index (χ4v) is 1.98. The molecule has 1 aromatic rings. The Kier molecular flexibility index (Phi) is 5.00. The van der Waals surface area contributed by atoms with Gasteiger partial charge in [0.15, 0.2) is 0 Å². The number of benzene rings is 1. The largest absolute Gasteiger partial charge is 0.465 e. The molecule has 0 bridgehead atoms. The van der Waals surface area contributed by atoms with Crippen molar-refractivity contribution in [3.8, 4) is 6.07 Å². The van der Waals surface area contributed by atoms with Crippen LogP contribution in [0.15, 0.2) is 24.3 Å². The van der Waals surface area contributed by atoms with E-state index in [-0.39, 0.29) is 11.9 Å². The molecule has 1 unspecified atom stereocenters. The van der Waals surface area contributed by atoms with Gasteiger partial charge in [-0.1, -0.05) is 28.1 Å². The number of nitriles is 1. The highest BCUT2D eigenvalue weighted by Gasteiger charge is 2.11. The Morgan fingerprint density at radius 1 is 1.50 bits per heavy atom. The van der Waals surface area contributed by atoms with Crippen molar-refractivity contribution < 1.29 is 9.53 Å². The van der Waals surface area contributed by atoms with Gasteiger partial charge in [0.25, 0.3) is 0 Å². The second-order valence-electron chi connectivity index (χ2n) is 3.33. The summed E-state index contributed by atoms with van der Waals surface area (Å²) < 4.78 is 4.61. The van der Waals surface area contributed by atoms with E-state index in [4.69, 9.17) is 5.26 Å². The second-order valence-corrected chi connectivity index (χ2v) is 3.97. The number of alkyl halides is 1. The van der Waals surface area contributed by atoms with Gasteiger partial charge in [-0.2, -0.15) is 5.26 Å². The lowest BCUT2D eigenvalue weighted by Gasteiger charge is -2.10. The van der Waals surface area contributed by atoms with Crippen LogP contribution in [-0.2, 0) is 4.74 Å². The van der Waals surface area contributed by atoms with Crippen molar-refractivity contribution in [3.63, 3.8) is 0 Å². The van der Waals surface area contributed by atoms with Gasteiger partial charge in [0.1, 0.15) is 0 Å². The van der Waals surface area contributed by atoms with Crippen molar-refractivity contribution in [2.24, 2.45) is 0 Å². The zero-order valence-electron chi connectivity index (χ0n) is 8.94. The van der Waals surface area contributed by atoms with Crippen molar-refractivity contribution in [3.05, 3.63) is 35.4 Å². The lowest BCUT2D eigenvalue weighted by atomic mass is 9.97. The zero-order chi connectivity index (χ0) is 12.0. The summed E-state index contributed by atoms with van der Waals surface area (Å²) in [5.74, 6) is -0.182. The fourth-order valence-electron chi connectivity index (χ4n) is 1.38. The molecule has 0 spiro atoms. The van der Waals surface area contributed by atoms with Gasteiger partial charge in [-0.25, -0.2) is 4.79 Å². The third kappa shape index (κ3) is 3.07. The van der Waals surface area contributed by atoms with Crippen molar-refractivity contribution in [2.45, 2.75) is 12.3 Å². The molecule has 0 fully saturated rings. The molecule has 0 saturated heterocycles. The van der Waals surface area contributed by atoms with Crippen LogP contribution in [0.1, 0.15) is 28.3 Å². The summed E-state index contributed by atoms with van der Waals surface area (Å²) in [7, 11) is 1.35. The van der Waals surface area contributed by atoms with Crippen LogP contribution in [0.3, 0.4) is 0 Å². The van der Waals surface area contributed by atoms with E-state index in [0.29, 0.717) is 12.0 Å². The van der Waals surface area contributed by atoms with E-state index < -0.39 is 0 Å². The highest BCUT2D eigenvalue weighted by molar-refractivity contribution is 9.09. The zero-order valence-corrected chi connectivity index (χ0v) is 10.5. The van der Waals surface area contributed by atoms with E-state index in [9.17, 15) is 4.79 Å². The Morgan fingerprint density at radius 3 is 2.56 bits per heavy atom. The number of ether oxygens (including phenoxy) is 1. The molecule has 0 heterocycles. The summed E-state index contributed by atoms with van der Waals surface area (Å²) in [6.45, 7) is 0. The Labute approximate surface area is 103 Å². The average Bonchev–Trinajstić information content (AvgIpc) is 2.35. The van der Waals surface area contributed by atoms with Gasteiger partial charge in [0, 0.05) is 17.7 Å². The van der Waals surface area contributed by atoms with Crippen molar-refractivity contribution in [1.82, 2.24) is 0 Å². The maximum Gasteiger partial charge on any atom is 0.337 e. The van der Waals surface area contributed by atoms with Crippen LogP contribution in [0.5, 0.6) is 0 Å². The van der Waals surface area contributed by atoms with Crippen molar-refractivity contribution >= 4 is 21.9 Å². The Balaban J connectivity index is 2.85. The van der Waals surface area contributed by atoms with Gasteiger partial charge in [0.05, 0.1) is 18.7 Å². The molecule has 0 aliphatic heterocycles. The highest BCUT2D eigenvalue weighted by Crippen LogP contribution is 2.22. The van der Waals surface area contributed by atoms with Crippen LogP contribution < -0.4 is 0 Å². The molecule has 1 aromatic carbocycles. The molecule has 0 N–H and O–H groups in total. The molecule has 0 radical (unpaired) electrons. The topological polar surface area (TPSA) is 50.1 Å². The van der Waals surface area contributed by atoms with Crippen molar-refractivity contribution in [2.75, 3.05) is 12.4 Å². The third-order valence-electron chi connectivity index (χ3n) is 2.33. The average molecular weight is 282 g/mol. The minimum absolute atomic E-state index is 0.164. The number of methoxy groups -OCH3 is 1. The third-order valence-corrected chi connectivity index (χ3v) is 3.11. The maximum atomic E-state index is 11.2. The quantitative estimate of drug-likeness (QED) is 0.630. The first-order valence-corrected chi connectivity index (χ1v) is 5.96. The minimum Gasteiger partial charge on any atom is -0.465 e. The van der Waals surface area contributed by atoms with Crippen LogP contribution >= 0.6 is 15.9 Å². The summed E-state index contributed by atoms with van der Waals surface area (Å²) in [5.41, 5.74) is 1.57. The standard InChI is InChI=1S/C12H12BrNO2/c1-16-12(15)10-4-2-9(3-5-10)11(8-13)6-7-14/h2-5,11H,6,8H2,1H3. The predicted octanol–water partition coefficient (Wildman–Crippen LogP) is 2.87. The van der Waals surface area contributed by atoms with E-state index in [1.54, 1.807) is 12.1 Å². The lowest BCUT2D eigenvalue weighted by molar-refractivity contribution is 0.0600. The molecule has 1 atom stereocenters. The van der Waals surface area contributed by atoms with Gasteiger partial charge in [-0.3, -0.25) is 0 Å². The number of carbonyl (C=O) groups is 1. The number of hydrogen-bond donors (Lipinski definition) is 0. The van der Waals surface area contributed by atoms with Gasteiger partial charge in [-0.05, 0) is 17.7 Å². The summed E-state index contributed by atoms with van der Waals surface area (Å²) >= 11 is 3.37. The molecule has 4 heteroatoms. The first-order valence-electron chi connectivity index (χ1n) is 4.84. The number of hydrogen-bond acceptors (Lipinski definition) is 3. The number of esters is 1. The van der Waals surface area contributed by atoms with Crippen LogP contribution in [-0.4, -0.2) is 18.4 Å². The summed E-state index contributed by atoms with van der Waals surface area (Å²) in [6.07, 6.45) is 0.461. The Hall–Kier alpha value is -1.34. The van der Waals surface area contributed by atoms with Crippen molar-refractivity contribution in [1.29, 1.82) is 5.26 Å². The summed E-state index contributed by atoms with van der Waals surface area (Å²) in [4.78, 5) is 11.2. The summed E-state index contributed by atoms with van der Waals surface area (Å²) in [6, 6.07) is 9.29. The molecule has 1 rings (SSSR count). The van der Waals surface area contributed by atoms with Gasteiger partial charge >= 0.3 is 5.97 Å².